The first-order chi connectivity index (χ1) is 9.64. The number of aliphatic hydroxyl groups is 1. The van der Waals surface area contributed by atoms with Crippen molar-refractivity contribution in [2.24, 2.45) is 5.92 Å². The van der Waals surface area contributed by atoms with Crippen LogP contribution in [0.25, 0.3) is 10.9 Å². The van der Waals surface area contributed by atoms with Crippen LogP contribution < -0.4 is 5.73 Å². The minimum absolute atomic E-state index is 0.456. The van der Waals surface area contributed by atoms with Gasteiger partial charge in [0.25, 0.3) is 0 Å². The van der Waals surface area contributed by atoms with E-state index in [9.17, 15) is 5.11 Å². The zero-order chi connectivity index (χ0) is 13.7. The first kappa shape index (κ1) is 12.1. The van der Waals surface area contributed by atoms with E-state index in [2.05, 4.69) is 14.9 Å². The molecule has 1 aromatic heterocycles. The first-order valence-corrected chi connectivity index (χ1v) is 7.10. The Morgan fingerprint density at radius 1 is 1.25 bits per heavy atom. The molecule has 0 atom stereocenters. The molecule has 20 heavy (non-hydrogen) atoms. The fourth-order valence-corrected chi connectivity index (χ4v) is 3.14. The Balaban J connectivity index is 1.52. The number of hydrogen-bond acceptors (Lipinski definition) is 5. The van der Waals surface area contributed by atoms with Crippen molar-refractivity contribution in [1.82, 2.24) is 14.9 Å². The molecule has 1 aromatic carbocycles. The van der Waals surface area contributed by atoms with Gasteiger partial charge in [-0.15, -0.1) is 0 Å². The molecule has 2 aromatic rings. The third-order valence-corrected chi connectivity index (χ3v) is 4.38. The fourth-order valence-electron chi connectivity index (χ4n) is 3.14. The van der Waals surface area contributed by atoms with E-state index in [0.717, 1.165) is 29.8 Å². The number of benzene rings is 1. The lowest BCUT2D eigenvalue weighted by atomic mass is 9.89. The largest absolute Gasteiger partial charge is 0.387 e. The van der Waals surface area contributed by atoms with Gasteiger partial charge < -0.3 is 10.8 Å². The van der Waals surface area contributed by atoms with Gasteiger partial charge >= 0.3 is 0 Å². The third kappa shape index (κ3) is 1.94. The minimum atomic E-state index is -0.456. The van der Waals surface area contributed by atoms with Crippen molar-refractivity contribution < 1.29 is 5.11 Å². The summed E-state index contributed by atoms with van der Waals surface area (Å²) in [6, 6.07) is 7.78. The van der Waals surface area contributed by atoms with Crippen molar-refractivity contribution in [3.05, 3.63) is 30.1 Å². The minimum Gasteiger partial charge on any atom is -0.387 e. The maximum Gasteiger partial charge on any atom is 0.145 e. The van der Waals surface area contributed by atoms with E-state index in [0.29, 0.717) is 18.3 Å². The number of β-amino-alcohol motifs (C(OH)–C–C–N with tert-alkyl or cyclic N) is 1. The van der Waals surface area contributed by atoms with Crippen LogP contribution in [0.4, 0.5) is 5.82 Å². The lowest BCUT2D eigenvalue weighted by Crippen LogP contribution is -2.62. The van der Waals surface area contributed by atoms with Crippen molar-refractivity contribution in [2.45, 2.75) is 25.0 Å². The molecule has 1 aliphatic heterocycles. The quantitative estimate of drug-likeness (QED) is 0.875. The molecule has 0 amide bonds. The highest BCUT2D eigenvalue weighted by molar-refractivity contribution is 5.87. The molecule has 1 saturated carbocycles. The molecule has 5 heteroatoms. The molecule has 5 nitrogen and oxygen atoms in total. The Kier molecular flexibility index (Phi) is 2.49. The van der Waals surface area contributed by atoms with E-state index in [-0.39, 0.29) is 0 Å². The average Bonchev–Trinajstić information content (AvgIpc) is 3.21. The van der Waals surface area contributed by atoms with Gasteiger partial charge in [0.1, 0.15) is 11.6 Å². The van der Waals surface area contributed by atoms with Gasteiger partial charge in [0.05, 0.1) is 17.7 Å². The van der Waals surface area contributed by atoms with E-state index < -0.39 is 5.60 Å². The van der Waals surface area contributed by atoms with Crippen molar-refractivity contribution in [3.63, 3.8) is 0 Å². The normalized spacial score (nSPS) is 21.9. The Bertz CT molecular complexity index is 662. The van der Waals surface area contributed by atoms with E-state index in [1.165, 1.54) is 12.8 Å². The lowest BCUT2D eigenvalue weighted by Gasteiger charge is -2.46. The van der Waals surface area contributed by atoms with Crippen LogP contribution in [0.3, 0.4) is 0 Å². The zero-order valence-electron chi connectivity index (χ0n) is 11.3. The molecule has 2 fully saturated rings. The summed E-state index contributed by atoms with van der Waals surface area (Å²) in [5.41, 5.74) is 6.41. The van der Waals surface area contributed by atoms with Gasteiger partial charge in [0.2, 0.25) is 0 Å². The van der Waals surface area contributed by atoms with Crippen LogP contribution in [0.15, 0.2) is 24.3 Å². The van der Waals surface area contributed by atoms with Crippen LogP contribution in [0.1, 0.15) is 18.7 Å². The lowest BCUT2D eigenvalue weighted by molar-refractivity contribution is -0.117. The molecule has 2 aliphatic rings. The SMILES string of the molecule is Nc1nc(CN2CC(O)(C3CC3)C2)nc2ccccc12. The summed E-state index contributed by atoms with van der Waals surface area (Å²) >= 11 is 0. The van der Waals surface area contributed by atoms with Gasteiger partial charge in [-0.05, 0) is 30.9 Å². The summed E-state index contributed by atoms with van der Waals surface area (Å²) in [4.78, 5) is 11.1. The van der Waals surface area contributed by atoms with Gasteiger partial charge in [-0.3, -0.25) is 4.90 Å². The summed E-state index contributed by atoms with van der Waals surface area (Å²) in [5, 5.41) is 11.2. The summed E-state index contributed by atoms with van der Waals surface area (Å²) in [7, 11) is 0. The molecule has 0 spiro atoms. The molecular weight excluding hydrogens is 252 g/mol. The number of para-hydroxylation sites is 1. The van der Waals surface area contributed by atoms with Crippen molar-refractivity contribution in [2.75, 3.05) is 18.8 Å². The van der Waals surface area contributed by atoms with E-state index in [1.807, 2.05) is 24.3 Å². The molecule has 0 radical (unpaired) electrons. The van der Waals surface area contributed by atoms with Gasteiger partial charge in [-0.1, -0.05) is 12.1 Å². The maximum atomic E-state index is 10.3. The van der Waals surface area contributed by atoms with Crippen molar-refractivity contribution >= 4 is 16.7 Å². The number of aromatic nitrogens is 2. The summed E-state index contributed by atoms with van der Waals surface area (Å²) in [6.45, 7) is 2.12. The molecule has 104 valence electrons. The molecule has 3 N–H and O–H groups in total. The monoisotopic (exact) mass is 270 g/mol. The molecule has 0 unspecified atom stereocenters. The highest BCUT2D eigenvalue weighted by atomic mass is 16.3. The van der Waals surface area contributed by atoms with Gasteiger partial charge in [0, 0.05) is 18.5 Å². The summed E-state index contributed by atoms with van der Waals surface area (Å²) in [6.07, 6.45) is 2.34. The highest BCUT2D eigenvalue weighted by Crippen LogP contribution is 2.44. The number of hydrogen-bond donors (Lipinski definition) is 2. The van der Waals surface area contributed by atoms with E-state index >= 15 is 0 Å². The summed E-state index contributed by atoms with van der Waals surface area (Å²) in [5.74, 6) is 1.78. The van der Waals surface area contributed by atoms with Crippen LogP contribution >= 0.6 is 0 Å². The fraction of sp³-hybridized carbons (Fsp3) is 0.467. The summed E-state index contributed by atoms with van der Waals surface area (Å²) < 4.78 is 0. The molecule has 1 aliphatic carbocycles. The number of likely N-dealkylation sites (tertiary alicyclic amines) is 1. The smallest absolute Gasteiger partial charge is 0.145 e. The number of nitrogens with zero attached hydrogens (tertiary/aromatic N) is 3. The second-order valence-electron chi connectivity index (χ2n) is 6.07. The predicted octanol–water partition coefficient (Wildman–Crippen LogP) is 1.17. The van der Waals surface area contributed by atoms with E-state index in [4.69, 9.17) is 5.73 Å². The topological polar surface area (TPSA) is 75.3 Å². The Hall–Kier alpha value is -1.72. The van der Waals surface area contributed by atoms with E-state index in [1.54, 1.807) is 0 Å². The maximum absolute atomic E-state index is 10.3. The van der Waals surface area contributed by atoms with Crippen molar-refractivity contribution in [3.8, 4) is 0 Å². The molecule has 2 heterocycles. The first-order valence-electron chi connectivity index (χ1n) is 7.10. The number of fused-ring (bicyclic) bond motifs is 1. The number of nitrogens with two attached hydrogens (primary N) is 1. The molecule has 4 rings (SSSR count). The van der Waals surface area contributed by atoms with Gasteiger partial charge in [-0.2, -0.15) is 0 Å². The average molecular weight is 270 g/mol. The van der Waals surface area contributed by atoms with Crippen LogP contribution in [0, 0.1) is 5.92 Å². The van der Waals surface area contributed by atoms with Crippen molar-refractivity contribution in [1.29, 1.82) is 0 Å². The highest BCUT2D eigenvalue weighted by Gasteiger charge is 2.51. The predicted molar refractivity (Wildman–Crippen MR) is 76.9 cm³/mol. The Morgan fingerprint density at radius 3 is 2.75 bits per heavy atom. The van der Waals surface area contributed by atoms with Gasteiger partial charge in [0.15, 0.2) is 0 Å². The molecule has 1 saturated heterocycles. The molecule has 0 bridgehead atoms. The van der Waals surface area contributed by atoms with Crippen LogP contribution in [0.5, 0.6) is 0 Å². The third-order valence-electron chi connectivity index (χ3n) is 4.38. The number of anilines is 1. The zero-order valence-corrected chi connectivity index (χ0v) is 11.3. The number of nitrogen functional groups attached to an aromatic ring is 1. The van der Waals surface area contributed by atoms with Crippen LogP contribution in [0.2, 0.25) is 0 Å². The second kappa shape index (κ2) is 4.14. The van der Waals surface area contributed by atoms with Crippen LogP contribution in [-0.4, -0.2) is 38.7 Å². The number of rotatable bonds is 3. The van der Waals surface area contributed by atoms with Crippen LogP contribution in [-0.2, 0) is 6.54 Å². The molecular formula is C15H18N4O. The Morgan fingerprint density at radius 2 is 2.00 bits per heavy atom. The standard InChI is InChI=1S/C15H18N4O/c16-14-11-3-1-2-4-12(11)17-13(18-14)7-19-8-15(20,9-19)10-5-6-10/h1-4,10,20H,5-9H2,(H2,16,17,18). The van der Waals surface area contributed by atoms with Gasteiger partial charge in [-0.25, -0.2) is 9.97 Å². The Labute approximate surface area is 117 Å². The second-order valence-corrected chi connectivity index (χ2v) is 6.07.